The Morgan fingerprint density at radius 2 is 0.892 bits per heavy atom. The van der Waals surface area contributed by atoms with Crippen LogP contribution in [-0.4, -0.2) is 58.8 Å². The van der Waals surface area contributed by atoms with Gasteiger partial charge in [-0.05, 0) is 12.8 Å². The second kappa shape index (κ2) is 21.3. The fourth-order valence-electron chi connectivity index (χ4n) is 4.90. The molecule has 0 aromatic carbocycles. The number of unbranched alkanes of at least 4 members (excludes halogenated alkanes) is 12. The van der Waals surface area contributed by atoms with Crippen molar-refractivity contribution >= 4 is 17.9 Å². The molecule has 218 valence electrons. The summed E-state index contributed by atoms with van der Waals surface area (Å²) < 4.78 is 0.588. The molecule has 2 N–H and O–H groups in total. The zero-order valence-corrected chi connectivity index (χ0v) is 24.3. The summed E-state index contributed by atoms with van der Waals surface area (Å²) in [6.45, 7) is 9.97. The largest absolute Gasteiger partial charge is 0.550 e. The van der Waals surface area contributed by atoms with E-state index in [9.17, 15) is 29.7 Å². The maximum Gasteiger partial charge on any atom is 0.306 e. The van der Waals surface area contributed by atoms with Gasteiger partial charge < -0.3 is 24.6 Å². The summed E-state index contributed by atoms with van der Waals surface area (Å²) >= 11 is 0. The first-order valence-corrected chi connectivity index (χ1v) is 15.1. The molecule has 3 atom stereocenters. The van der Waals surface area contributed by atoms with Gasteiger partial charge in [0, 0.05) is 31.1 Å². The van der Waals surface area contributed by atoms with E-state index in [-0.39, 0.29) is 0 Å². The Morgan fingerprint density at radius 1 is 0.568 bits per heavy atom. The summed E-state index contributed by atoms with van der Waals surface area (Å²) in [6, 6.07) is 0. The van der Waals surface area contributed by atoms with Crippen molar-refractivity contribution in [3.05, 3.63) is 0 Å². The Bertz CT molecular complexity index is 563. The number of carbonyl (C=O) groups is 3. The van der Waals surface area contributed by atoms with Gasteiger partial charge in [0.2, 0.25) is 0 Å². The Kier molecular flexibility index (Phi) is 20.4. The Hall–Kier alpha value is -1.63. The van der Waals surface area contributed by atoms with Gasteiger partial charge in [-0.3, -0.25) is 9.59 Å². The predicted octanol–water partition coefficient (Wildman–Crippen LogP) is 5.89. The summed E-state index contributed by atoms with van der Waals surface area (Å²) in [7, 11) is 0. The zero-order chi connectivity index (χ0) is 28.1. The van der Waals surface area contributed by atoms with Crippen LogP contribution in [-0.2, 0) is 14.4 Å². The standard InChI is InChI=1S/C30H57NO6/c1-5-6-7-8-9-10-11-12-13-14-15-16-17-21-31(22-18-25(2)28(32)33,23-19-26(3)29(34)35)24-20-27(4)30(36)37/h25-27H,5-24H2,1-4H3,(H2-,32,33,34,35,36,37). The second-order valence-electron chi connectivity index (χ2n) is 11.5. The van der Waals surface area contributed by atoms with Crippen LogP contribution in [0.25, 0.3) is 0 Å². The SMILES string of the molecule is CCCCCCCCCCCCCCC[N+](CCC(C)C(=O)[O-])(CCC(C)C(=O)O)CCC(C)C(=O)O. The van der Waals surface area contributed by atoms with E-state index in [0.29, 0.717) is 43.4 Å². The fourth-order valence-corrected chi connectivity index (χ4v) is 4.90. The van der Waals surface area contributed by atoms with Crippen molar-refractivity contribution in [2.75, 3.05) is 26.2 Å². The van der Waals surface area contributed by atoms with Gasteiger partial charge in [0.05, 0.1) is 38.0 Å². The van der Waals surface area contributed by atoms with Crippen LogP contribution in [0.4, 0.5) is 0 Å². The van der Waals surface area contributed by atoms with Crippen molar-refractivity contribution in [1.29, 1.82) is 0 Å². The molecule has 0 fully saturated rings. The fraction of sp³-hybridized carbons (Fsp3) is 0.900. The molecule has 0 aromatic heterocycles. The van der Waals surface area contributed by atoms with E-state index in [4.69, 9.17) is 0 Å². The first kappa shape index (κ1) is 35.4. The third-order valence-electron chi connectivity index (χ3n) is 8.09. The highest BCUT2D eigenvalue weighted by atomic mass is 16.4. The lowest BCUT2D eigenvalue weighted by molar-refractivity contribution is -0.929. The summed E-state index contributed by atoms with van der Waals surface area (Å²) in [5.41, 5.74) is 0. The number of carboxylic acid groups (broad SMARTS) is 3. The molecule has 0 heterocycles. The minimum Gasteiger partial charge on any atom is -0.550 e. The van der Waals surface area contributed by atoms with Gasteiger partial charge in [0.15, 0.2) is 0 Å². The van der Waals surface area contributed by atoms with E-state index in [1.165, 1.54) is 70.6 Å². The highest BCUT2D eigenvalue weighted by Crippen LogP contribution is 2.22. The second-order valence-corrected chi connectivity index (χ2v) is 11.5. The first-order chi connectivity index (χ1) is 17.5. The molecule has 0 aliphatic carbocycles. The average Bonchev–Trinajstić information content (AvgIpc) is 2.86. The average molecular weight is 528 g/mol. The molecular weight excluding hydrogens is 470 g/mol. The minimum atomic E-state index is -1.07. The van der Waals surface area contributed by atoms with Gasteiger partial charge >= 0.3 is 11.9 Å². The Morgan fingerprint density at radius 3 is 1.22 bits per heavy atom. The molecule has 0 radical (unpaired) electrons. The lowest BCUT2D eigenvalue weighted by Crippen LogP contribution is -2.52. The predicted molar refractivity (Wildman–Crippen MR) is 147 cm³/mol. The van der Waals surface area contributed by atoms with E-state index < -0.39 is 35.7 Å². The molecule has 0 saturated heterocycles. The first-order valence-electron chi connectivity index (χ1n) is 15.1. The molecule has 0 aromatic rings. The molecule has 7 heteroatoms. The maximum absolute atomic E-state index is 11.4. The van der Waals surface area contributed by atoms with Crippen LogP contribution in [0.3, 0.4) is 0 Å². The molecule has 0 aliphatic rings. The van der Waals surface area contributed by atoms with E-state index in [2.05, 4.69) is 6.92 Å². The van der Waals surface area contributed by atoms with Gasteiger partial charge in [-0.2, -0.15) is 0 Å². The van der Waals surface area contributed by atoms with Gasteiger partial charge in [0.1, 0.15) is 0 Å². The minimum absolute atomic E-state index is 0.448. The molecule has 0 aliphatic heterocycles. The van der Waals surface area contributed by atoms with Crippen LogP contribution in [0.2, 0.25) is 0 Å². The highest BCUT2D eigenvalue weighted by molar-refractivity contribution is 5.69. The number of aliphatic carboxylic acids is 3. The van der Waals surface area contributed by atoms with Gasteiger partial charge in [-0.15, -0.1) is 0 Å². The van der Waals surface area contributed by atoms with E-state index >= 15 is 0 Å². The molecule has 3 unspecified atom stereocenters. The Labute approximate surface area is 226 Å². The van der Waals surface area contributed by atoms with Crippen LogP contribution >= 0.6 is 0 Å². The molecule has 37 heavy (non-hydrogen) atoms. The number of rotatable bonds is 26. The lowest BCUT2D eigenvalue weighted by Gasteiger charge is -2.41. The quantitative estimate of drug-likeness (QED) is 0.107. The number of quaternary nitrogens is 1. The molecule has 7 nitrogen and oxygen atoms in total. The van der Waals surface area contributed by atoms with Crippen LogP contribution in [0.15, 0.2) is 0 Å². The van der Waals surface area contributed by atoms with Crippen molar-refractivity contribution in [2.24, 2.45) is 17.8 Å². The lowest BCUT2D eigenvalue weighted by atomic mass is 10.0. The monoisotopic (exact) mass is 527 g/mol. The van der Waals surface area contributed by atoms with Crippen LogP contribution in [0.5, 0.6) is 0 Å². The highest BCUT2D eigenvalue weighted by Gasteiger charge is 2.30. The van der Waals surface area contributed by atoms with Crippen molar-refractivity contribution in [3.63, 3.8) is 0 Å². The number of nitrogens with zero attached hydrogens (tertiary/aromatic N) is 1. The van der Waals surface area contributed by atoms with Gasteiger partial charge in [-0.25, -0.2) is 0 Å². The van der Waals surface area contributed by atoms with Gasteiger partial charge in [0.25, 0.3) is 0 Å². The summed E-state index contributed by atoms with van der Waals surface area (Å²) in [5, 5.41) is 30.1. The third kappa shape index (κ3) is 18.3. The Balaban J connectivity index is 4.80. The third-order valence-corrected chi connectivity index (χ3v) is 8.09. The summed E-state index contributed by atoms with van der Waals surface area (Å²) in [6.07, 6.45) is 17.9. The molecule has 0 bridgehead atoms. The molecular formula is C30H57NO6. The van der Waals surface area contributed by atoms with Crippen molar-refractivity contribution in [3.8, 4) is 0 Å². The number of hydrogen-bond donors (Lipinski definition) is 2. The van der Waals surface area contributed by atoms with Crippen molar-refractivity contribution in [1.82, 2.24) is 0 Å². The van der Waals surface area contributed by atoms with Crippen LogP contribution < -0.4 is 5.11 Å². The van der Waals surface area contributed by atoms with E-state index in [1.54, 1.807) is 20.8 Å². The van der Waals surface area contributed by atoms with Crippen LogP contribution in [0, 0.1) is 17.8 Å². The summed E-state index contributed by atoms with van der Waals surface area (Å²) in [5.74, 6) is -4.30. The number of carbonyl (C=O) groups excluding carboxylic acids is 1. The van der Waals surface area contributed by atoms with Crippen LogP contribution in [0.1, 0.15) is 130 Å². The summed E-state index contributed by atoms with van der Waals surface area (Å²) in [4.78, 5) is 34.2. The van der Waals surface area contributed by atoms with Crippen molar-refractivity contribution in [2.45, 2.75) is 130 Å². The number of carboxylic acids is 3. The maximum atomic E-state index is 11.4. The zero-order valence-electron chi connectivity index (χ0n) is 24.3. The van der Waals surface area contributed by atoms with Crippen molar-refractivity contribution < 1.29 is 34.2 Å². The molecule has 0 saturated carbocycles. The van der Waals surface area contributed by atoms with Gasteiger partial charge in [-0.1, -0.05) is 98.3 Å². The van der Waals surface area contributed by atoms with E-state index in [1.807, 2.05) is 0 Å². The smallest absolute Gasteiger partial charge is 0.306 e. The normalized spacial score (nSPS) is 15.6. The van der Waals surface area contributed by atoms with E-state index in [0.717, 1.165) is 19.4 Å². The number of hydrogen-bond acceptors (Lipinski definition) is 4. The molecule has 0 amide bonds. The molecule has 0 rings (SSSR count). The topological polar surface area (TPSA) is 115 Å². The molecule has 0 spiro atoms.